The van der Waals surface area contributed by atoms with Gasteiger partial charge < -0.3 is 19.6 Å². The second-order valence-electron chi connectivity index (χ2n) is 9.80. The highest BCUT2D eigenvalue weighted by Crippen LogP contribution is 2.28. The van der Waals surface area contributed by atoms with E-state index in [-0.39, 0.29) is 42.7 Å². The van der Waals surface area contributed by atoms with Crippen molar-refractivity contribution in [2.75, 3.05) is 26.7 Å². The third-order valence-corrected chi connectivity index (χ3v) is 6.77. The van der Waals surface area contributed by atoms with Gasteiger partial charge in [0.25, 0.3) is 5.91 Å². The van der Waals surface area contributed by atoms with E-state index in [4.69, 9.17) is 4.74 Å². The molecular weight excluding hydrogens is 480 g/mol. The van der Waals surface area contributed by atoms with Crippen molar-refractivity contribution in [3.8, 4) is 5.88 Å². The molecule has 0 aliphatic carbocycles. The highest BCUT2D eigenvalue weighted by molar-refractivity contribution is 5.97. The van der Waals surface area contributed by atoms with E-state index in [0.717, 1.165) is 16.7 Å². The zero-order chi connectivity index (χ0) is 27.1. The first-order chi connectivity index (χ1) is 18.4. The quantitative estimate of drug-likeness (QED) is 0.494. The van der Waals surface area contributed by atoms with Gasteiger partial charge in [-0.2, -0.15) is 0 Å². The van der Waals surface area contributed by atoms with Crippen molar-refractivity contribution in [3.05, 3.63) is 89.4 Å². The zero-order valence-corrected chi connectivity index (χ0v) is 22.0. The predicted octanol–water partition coefficient (Wildman–Crippen LogP) is 3.57. The fourth-order valence-electron chi connectivity index (χ4n) is 4.37. The SMILES string of the molecule is C[C@H](CO)N1C[C@H](C)[C@@H](CN(C)C(=O)Cc2cccnc2)Oc2ncc(/C=C/c3ccccc3)cc2C1=O. The Hall–Kier alpha value is -4.04. The van der Waals surface area contributed by atoms with Gasteiger partial charge in [-0.25, -0.2) is 4.98 Å². The van der Waals surface area contributed by atoms with Crippen LogP contribution in [0.15, 0.2) is 67.1 Å². The number of amides is 2. The number of aliphatic hydroxyl groups excluding tert-OH is 1. The maximum absolute atomic E-state index is 13.6. The highest BCUT2D eigenvalue weighted by atomic mass is 16.5. The molecule has 8 nitrogen and oxygen atoms in total. The zero-order valence-electron chi connectivity index (χ0n) is 22.0. The van der Waals surface area contributed by atoms with E-state index in [2.05, 4.69) is 9.97 Å². The van der Waals surface area contributed by atoms with E-state index in [1.165, 1.54) is 0 Å². The van der Waals surface area contributed by atoms with E-state index in [0.29, 0.717) is 18.7 Å². The second kappa shape index (κ2) is 12.5. The number of benzene rings is 1. The molecule has 1 aliphatic rings. The van der Waals surface area contributed by atoms with Gasteiger partial charge in [0.05, 0.1) is 25.6 Å². The van der Waals surface area contributed by atoms with Crippen LogP contribution in [0.25, 0.3) is 12.2 Å². The summed E-state index contributed by atoms with van der Waals surface area (Å²) in [4.78, 5) is 38.4. The maximum Gasteiger partial charge on any atom is 0.259 e. The Morgan fingerprint density at radius 2 is 1.95 bits per heavy atom. The summed E-state index contributed by atoms with van der Waals surface area (Å²) in [5.41, 5.74) is 2.97. The van der Waals surface area contributed by atoms with Gasteiger partial charge in [0, 0.05) is 38.1 Å². The summed E-state index contributed by atoms with van der Waals surface area (Å²) in [5.74, 6) is -0.182. The van der Waals surface area contributed by atoms with Gasteiger partial charge in [-0.15, -0.1) is 0 Å². The molecule has 0 unspecified atom stereocenters. The number of carbonyl (C=O) groups is 2. The summed E-state index contributed by atoms with van der Waals surface area (Å²) in [6.45, 7) is 4.34. The Labute approximate surface area is 223 Å². The second-order valence-corrected chi connectivity index (χ2v) is 9.80. The lowest BCUT2D eigenvalue weighted by molar-refractivity contribution is -0.130. The topological polar surface area (TPSA) is 95.9 Å². The van der Waals surface area contributed by atoms with E-state index < -0.39 is 6.10 Å². The minimum atomic E-state index is -0.406. The molecule has 3 atom stereocenters. The van der Waals surface area contributed by atoms with Crippen molar-refractivity contribution in [3.63, 3.8) is 0 Å². The molecule has 0 saturated heterocycles. The average Bonchev–Trinajstić information content (AvgIpc) is 2.94. The Morgan fingerprint density at radius 3 is 2.66 bits per heavy atom. The summed E-state index contributed by atoms with van der Waals surface area (Å²) < 4.78 is 6.32. The summed E-state index contributed by atoms with van der Waals surface area (Å²) in [5, 5.41) is 9.88. The molecule has 8 heteroatoms. The van der Waals surface area contributed by atoms with Gasteiger partial charge in [0.1, 0.15) is 11.7 Å². The van der Waals surface area contributed by atoms with Crippen LogP contribution in [0, 0.1) is 5.92 Å². The van der Waals surface area contributed by atoms with Crippen molar-refractivity contribution >= 4 is 24.0 Å². The van der Waals surface area contributed by atoms with Crippen LogP contribution in [-0.4, -0.2) is 75.6 Å². The minimum Gasteiger partial charge on any atom is -0.472 e. The van der Waals surface area contributed by atoms with Crippen LogP contribution >= 0.6 is 0 Å². The standard InChI is InChI=1S/C30H34N4O4/c1-21-18-34(22(2)20-35)30(37)26-14-25(12-11-23-8-5-4-6-9-23)17-32-29(26)38-27(21)19-33(3)28(36)15-24-10-7-13-31-16-24/h4-14,16-17,21-22,27,35H,15,18-20H2,1-3H3/b12-11+/t21-,22+,27+/m0/s1. The van der Waals surface area contributed by atoms with Crippen LogP contribution in [0.5, 0.6) is 5.88 Å². The smallest absolute Gasteiger partial charge is 0.259 e. The Kier molecular flexibility index (Phi) is 8.86. The van der Waals surface area contributed by atoms with Crippen LogP contribution in [0.4, 0.5) is 0 Å². The van der Waals surface area contributed by atoms with E-state index in [9.17, 15) is 14.7 Å². The number of likely N-dealkylation sites (N-methyl/N-ethyl adjacent to an activating group) is 1. The lowest BCUT2D eigenvalue weighted by atomic mass is 9.99. The third kappa shape index (κ3) is 6.63. The lowest BCUT2D eigenvalue weighted by Gasteiger charge is -2.37. The Balaban J connectivity index is 1.59. The van der Waals surface area contributed by atoms with E-state index >= 15 is 0 Å². The number of nitrogens with zero attached hydrogens (tertiary/aromatic N) is 4. The normalized spacial score (nSPS) is 18.3. The third-order valence-electron chi connectivity index (χ3n) is 6.77. The number of hydrogen-bond acceptors (Lipinski definition) is 6. The number of ether oxygens (including phenoxy) is 1. The maximum atomic E-state index is 13.6. The van der Waals surface area contributed by atoms with Gasteiger partial charge in [-0.1, -0.05) is 55.5 Å². The number of rotatable bonds is 8. The van der Waals surface area contributed by atoms with Crippen molar-refractivity contribution in [2.24, 2.45) is 5.92 Å². The monoisotopic (exact) mass is 514 g/mol. The molecule has 0 spiro atoms. The molecule has 1 N–H and O–H groups in total. The molecule has 0 fully saturated rings. The molecule has 0 bridgehead atoms. The number of hydrogen-bond donors (Lipinski definition) is 1. The molecule has 38 heavy (non-hydrogen) atoms. The van der Waals surface area contributed by atoms with Crippen LogP contribution in [0.1, 0.15) is 40.9 Å². The Bertz CT molecular complexity index is 1270. The van der Waals surface area contributed by atoms with Crippen molar-refractivity contribution in [1.29, 1.82) is 0 Å². The molecule has 1 aromatic carbocycles. The van der Waals surface area contributed by atoms with Crippen LogP contribution in [-0.2, 0) is 11.2 Å². The van der Waals surface area contributed by atoms with Gasteiger partial charge in [-0.3, -0.25) is 14.6 Å². The van der Waals surface area contributed by atoms with Gasteiger partial charge in [0.15, 0.2) is 0 Å². The first-order valence-corrected chi connectivity index (χ1v) is 12.8. The van der Waals surface area contributed by atoms with Crippen LogP contribution in [0.3, 0.4) is 0 Å². The molecule has 0 radical (unpaired) electrons. The molecular formula is C30H34N4O4. The van der Waals surface area contributed by atoms with Gasteiger partial charge in [-0.05, 0) is 35.7 Å². The molecule has 1 aliphatic heterocycles. The van der Waals surface area contributed by atoms with Gasteiger partial charge in [0.2, 0.25) is 11.8 Å². The average molecular weight is 515 g/mol. The van der Waals surface area contributed by atoms with Crippen molar-refractivity contribution in [1.82, 2.24) is 19.8 Å². The number of fused-ring (bicyclic) bond motifs is 1. The lowest BCUT2D eigenvalue weighted by Crippen LogP contribution is -2.50. The predicted molar refractivity (Wildman–Crippen MR) is 146 cm³/mol. The van der Waals surface area contributed by atoms with Gasteiger partial charge >= 0.3 is 0 Å². The molecule has 0 saturated carbocycles. The molecule has 3 aromatic rings. The molecule has 2 amide bonds. The fraction of sp³-hybridized carbons (Fsp3) is 0.333. The highest BCUT2D eigenvalue weighted by Gasteiger charge is 2.34. The number of carbonyl (C=O) groups excluding carboxylic acids is 2. The summed E-state index contributed by atoms with van der Waals surface area (Å²) in [6.07, 6.45) is 8.73. The molecule has 2 aromatic heterocycles. The largest absolute Gasteiger partial charge is 0.472 e. The Morgan fingerprint density at radius 1 is 1.18 bits per heavy atom. The fourth-order valence-corrected chi connectivity index (χ4v) is 4.37. The summed E-state index contributed by atoms with van der Waals surface area (Å²) in [7, 11) is 1.75. The van der Waals surface area contributed by atoms with Crippen LogP contribution < -0.4 is 4.74 Å². The van der Waals surface area contributed by atoms with Crippen molar-refractivity contribution < 1.29 is 19.4 Å². The summed E-state index contributed by atoms with van der Waals surface area (Å²) in [6, 6.07) is 14.9. The minimum absolute atomic E-state index is 0.0536. The van der Waals surface area contributed by atoms with Crippen molar-refractivity contribution in [2.45, 2.75) is 32.4 Å². The molecule has 3 heterocycles. The molecule has 4 rings (SSSR count). The number of aromatic nitrogens is 2. The first kappa shape index (κ1) is 27.0. The molecule has 198 valence electrons. The summed E-state index contributed by atoms with van der Waals surface area (Å²) >= 11 is 0. The number of pyridine rings is 2. The van der Waals surface area contributed by atoms with E-state index in [1.54, 1.807) is 41.5 Å². The van der Waals surface area contributed by atoms with Crippen LogP contribution in [0.2, 0.25) is 0 Å². The van der Waals surface area contributed by atoms with E-state index in [1.807, 2.05) is 68.5 Å². The number of aliphatic hydroxyl groups is 1. The first-order valence-electron chi connectivity index (χ1n) is 12.8.